The summed E-state index contributed by atoms with van der Waals surface area (Å²) in [6.07, 6.45) is 1.73. The minimum Gasteiger partial charge on any atom is -0.378 e. The second-order valence-corrected chi connectivity index (χ2v) is 4.75. The SMILES string of the molecule is CCn1ccc(-c2ccc(N(C)C)cc2)c(C#N)c1=O. The van der Waals surface area contributed by atoms with Crippen molar-refractivity contribution in [2.75, 3.05) is 19.0 Å². The lowest BCUT2D eigenvalue weighted by Gasteiger charge is -2.13. The van der Waals surface area contributed by atoms with Gasteiger partial charge in [-0.1, -0.05) is 12.1 Å². The Bertz CT molecular complexity index is 706. The van der Waals surface area contributed by atoms with Crippen molar-refractivity contribution in [3.63, 3.8) is 0 Å². The molecule has 0 N–H and O–H groups in total. The lowest BCUT2D eigenvalue weighted by molar-refractivity contribution is 0.725. The Hall–Kier alpha value is -2.54. The van der Waals surface area contributed by atoms with E-state index in [1.807, 2.05) is 62.3 Å². The second-order valence-electron chi connectivity index (χ2n) is 4.75. The topological polar surface area (TPSA) is 49.0 Å². The number of benzene rings is 1. The summed E-state index contributed by atoms with van der Waals surface area (Å²) in [5.41, 5.74) is 2.62. The molecule has 0 saturated carbocycles. The molecule has 0 atom stereocenters. The third kappa shape index (κ3) is 2.43. The zero-order valence-corrected chi connectivity index (χ0v) is 11.9. The molecule has 2 aromatic rings. The molecule has 20 heavy (non-hydrogen) atoms. The van der Waals surface area contributed by atoms with Gasteiger partial charge < -0.3 is 9.47 Å². The third-order valence-corrected chi connectivity index (χ3v) is 3.31. The fourth-order valence-corrected chi connectivity index (χ4v) is 2.11. The van der Waals surface area contributed by atoms with Gasteiger partial charge in [-0.15, -0.1) is 0 Å². The van der Waals surface area contributed by atoms with Crippen LogP contribution in [0.15, 0.2) is 41.3 Å². The Morgan fingerprint density at radius 1 is 1.20 bits per heavy atom. The van der Waals surface area contributed by atoms with E-state index in [2.05, 4.69) is 0 Å². The van der Waals surface area contributed by atoms with Crippen molar-refractivity contribution in [1.29, 1.82) is 5.26 Å². The molecule has 0 unspecified atom stereocenters. The van der Waals surface area contributed by atoms with Gasteiger partial charge in [0.25, 0.3) is 5.56 Å². The Balaban J connectivity index is 2.56. The van der Waals surface area contributed by atoms with E-state index in [1.54, 1.807) is 6.20 Å². The van der Waals surface area contributed by atoms with Crippen molar-refractivity contribution in [3.05, 3.63) is 52.4 Å². The van der Waals surface area contributed by atoms with E-state index in [0.29, 0.717) is 12.1 Å². The Morgan fingerprint density at radius 2 is 1.85 bits per heavy atom. The van der Waals surface area contributed by atoms with Crippen LogP contribution in [0.5, 0.6) is 0 Å². The third-order valence-electron chi connectivity index (χ3n) is 3.31. The van der Waals surface area contributed by atoms with E-state index in [4.69, 9.17) is 0 Å². The van der Waals surface area contributed by atoms with Gasteiger partial charge in [0.05, 0.1) is 0 Å². The van der Waals surface area contributed by atoms with Gasteiger partial charge in [0.2, 0.25) is 0 Å². The van der Waals surface area contributed by atoms with Gasteiger partial charge in [0, 0.05) is 38.1 Å². The average molecular weight is 267 g/mol. The molecule has 1 aromatic carbocycles. The summed E-state index contributed by atoms with van der Waals surface area (Å²) >= 11 is 0. The first kappa shape index (κ1) is 13.9. The monoisotopic (exact) mass is 267 g/mol. The van der Waals surface area contributed by atoms with Crippen LogP contribution in [0.2, 0.25) is 0 Å². The first-order valence-electron chi connectivity index (χ1n) is 6.49. The van der Waals surface area contributed by atoms with Crippen LogP contribution >= 0.6 is 0 Å². The summed E-state index contributed by atoms with van der Waals surface area (Å²) in [4.78, 5) is 14.1. The first-order valence-corrected chi connectivity index (χ1v) is 6.49. The van der Waals surface area contributed by atoms with Crippen molar-refractivity contribution in [2.24, 2.45) is 0 Å². The number of pyridine rings is 1. The van der Waals surface area contributed by atoms with Crippen LogP contribution in [-0.4, -0.2) is 18.7 Å². The fourth-order valence-electron chi connectivity index (χ4n) is 2.11. The summed E-state index contributed by atoms with van der Waals surface area (Å²) in [5.74, 6) is 0. The zero-order chi connectivity index (χ0) is 14.7. The van der Waals surface area contributed by atoms with Crippen LogP contribution in [0.25, 0.3) is 11.1 Å². The van der Waals surface area contributed by atoms with E-state index in [-0.39, 0.29) is 11.1 Å². The molecule has 0 radical (unpaired) electrons. The minimum absolute atomic E-state index is 0.201. The molecule has 1 aromatic heterocycles. The number of anilines is 1. The minimum atomic E-state index is -0.232. The largest absolute Gasteiger partial charge is 0.378 e. The summed E-state index contributed by atoms with van der Waals surface area (Å²) in [6, 6.07) is 11.7. The van der Waals surface area contributed by atoms with E-state index >= 15 is 0 Å². The summed E-state index contributed by atoms with van der Waals surface area (Å²) in [5, 5.41) is 9.25. The fraction of sp³-hybridized carbons (Fsp3) is 0.250. The molecule has 0 spiro atoms. The normalized spacial score (nSPS) is 10.1. The van der Waals surface area contributed by atoms with Crippen molar-refractivity contribution >= 4 is 5.69 Å². The summed E-state index contributed by atoms with van der Waals surface area (Å²) in [7, 11) is 3.94. The number of nitriles is 1. The van der Waals surface area contributed by atoms with Gasteiger partial charge >= 0.3 is 0 Å². The smallest absolute Gasteiger partial charge is 0.269 e. The predicted molar refractivity (Wildman–Crippen MR) is 80.9 cm³/mol. The number of hydrogen-bond donors (Lipinski definition) is 0. The molecule has 0 saturated heterocycles. The second kappa shape index (κ2) is 5.62. The summed E-state index contributed by atoms with van der Waals surface area (Å²) < 4.78 is 1.54. The van der Waals surface area contributed by atoms with Crippen LogP contribution in [0.1, 0.15) is 12.5 Å². The van der Waals surface area contributed by atoms with Crippen molar-refractivity contribution < 1.29 is 0 Å². The van der Waals surface area contributed by atoms with Crippen molar-refractivity contribution in [3.8, 4) is 17.2 Å². The highest BCUT2D eigenvalue weighted by atomic mass is 16.1. The molecule has 4 nitrogen and oxygen atoms in total. The van der Waals surface area contributed by atoms with Crippen molar-refractivity contribution in [1.82, 2.24) is 4.57 Å². The van der Waals surface area contributed by atoms with Crippen LogP contribution in [0.4, 0.5) is 5.69 Å². The average Bonchev–Trinajstić information content (AvgIpc) is 2.47. The molecule has 2 rings (SSSR count). The van der Waals surface area contributed by atoms with E-state index in [0.717, 1.165) is 11.3 Å². The Labute approximate surface area is 118 Å². The van der Waals surface area contributed by atoms with E-state index in [1.165, 1.54) is 4.57 Å². The van der Waals surface area contributed by atoms with Gasteiger partial charge in [-0.3, -0.25) is 4.79 Å². The zero-order valence-electron chi connectivity index (χ0n) is 11.9. The maximum atomic E-state index is 12.1. The first-order chi connectivity index (χ1) is 9.58. The molecule has 0 amide bonds. The lowest BCUT2D eigenvalue weighted by Crippen LogP contribution is -2.21. The van der Waals surface area contributed by atoms with Gasteiger partial charge in [-0.25, -0.2) is 0 Å². The molecule has 0 bridgehead atoms. The van der Waals surface area contributed by atoms with Crippen LogP contribution < -0.4 is 10.5 Å². The highest BCUT2D eigenvalue weighted by molar-refractivity contribution is 5.71. The highest BCUT2D eigenvalue weighted by Crippen LogP contribution is 2.23. The van der Waals surface area contributed by atoms with Crippen LogP contribution in [0.3, 0.4) is 0 Å². The van der Waals surface area contributed by atoms with Gasteiger partial charge in [0.1, 0.15) is 11.6 Å². The number of rotatable bonds is 3. The quantitative estimate of drug-likeness (QED) is 0.858. The summed E-state index contributed by atoms with van der Waals surface area (Å²) in [6.45, 7) is 2.45. The molecule has 1 heterocycles. The standard InChI is InChI=1S/C16H17N3O/c1-4-19-10-9-14(15(11-17)16(19)20)12-5-7-13(8-6-12)18(2)3/h5-10H,4H2,1-3H3. The predicted octanol–water partition coefficient (Wildman–Crippen LogP) is 2.47. The van der Waals surface area contributed by atoms with Gasteiger partial charge in [-0.2, -0.15) is 5.26 Å². The molecule has 4 heteroatoms. The molecule has 0 aliphatic heterocycles. The van der Waals surface area contributed by atoms with Crippen molar-refractivity contribution in [2.45, 2.75) is 13.5 Å². The van der Waals surface area contributed by atoms with Gasteiger partial charge in [0.15, 0.2) is 0 Å². The lowest BCUT2D eigenvalue weighted by atomic mass is 10.0. The maximum Gasteiger partial charge on any atom is 0.269 e. The highest BCUT2D eigenvalue weighted by Gasteiger charge is 2.11. The Morgan fingerprint density at radius 3 is 2.35 bits per heavy atom. The molecular formula is C16H17N3O. The van der Waals surface area contributed by atoms with E-state index < -0.39 is 0 Å². The van der Waals surface area contributed by atoms with Crippen LogP contribution in [0, 0.1) is 11.3 Å². The number of aryl methyl sites for hydroxylation is 1. The van der Waals surface area contributed by atoms with Gasteiger partial charge in [-0.05, 0) is 30.7 Å². The molecule has 0 aliphatic carbocycles. The number of nitrogens with zero attached hydrogens (tertiary/aromatic N) is 3. The molecular weight excluding hydrogens is 250 g/mol. The van der Waals surface area contributed by atoms with E-state index in [9.17, 15) is 10.1 Å². The number of aromatic nitrogens is 1. The molecule has 102 valence electrons. The van der Waals surface area contributed by atoms with Crippen LogP contribution in [-0.2, 0) is 6.54 Å². The molecule has 0 fully saturated rings. The maximum absolute atomic E-state index is 12.1. The number of hydrogen-bond acceptors (Lipinski definition) is 3. The Kier molecular flexibility index (Phi) is 3.90. The molecule has 0 aliphatic rings.